The van der Waals surface area contributed by atoms with Crippen LogP contribution >= 0.6 is 0 Å². The molecule has 1 aromatic carbocycles. The van der Waals surface area contributed by atoms with Crippen molar-refractivity contribution in [2.75, 3.05) is 6.54 Å². The van der Waals surface area contributed by atoms with Gasteiger partial charge in [0.1, 0.15) is 5.75 Å². The molecule has 1 aromatic rings. The molecule has 1 amide bonds. The van der Waals surface area contributed by atoms with Gasteiger partial charge in [0.15, 0.2) is 0 Å². The first-order valence-corrected chi connectivity index (χ1v) is 5.82. The summed E-state index contributed by atoms with van der Waals surface area (Å²) in [5, 5.41) is 2.73. The van der Waals surface area contributed by atoms with E-state index in [1.54, 1.807) is 6.07 Å². The van der Waals surface area contributed by atoms with Gasteiger partial charge in [-0.25, -0.2) is 0 Å². The Morgan fingerprint density at radius 3 is 2.72 bits per heavy atom. The van der Waals surface area contributed by atoms with Gasteiger partial charge in [0.2, 0.25) is 0 Å². The van der Waals surface area contributed by atoms with E-state index in [9.17, 15) is 13.6 Å². The summed E-state index contributed by atoms with van der Waals surface area (Å²) >= 11 is 0. The highest BCUT2D eigenvalue weighted by atomic mass is 19.3. The minimum absolute atomic E-state index is 0.0125. The zero-order valence-electron chi connectivity index (χ0n) is 10.5. The van der Waals surface area contributed by atoms with Crippen molar-refractivity contribution in [1.82, 2.24) is 5.32 Å². The summed E-state index contributed by atoms with van der Waals surface area (Å²) in [7, 11) is 0. The molecule has 0 spiro atoms. The Hall–Kier alpha value is -1.65. The maximum atomic E-state index is 12.0. The first-order valence-electron chi connectivity index (χ1n) is 5.82. The van der Waals surface area contributed by atoms with Crippen molar-refractivity contribution in [1.29, 1.82) is 0 Å². The fourth-order valence-electron chi connectivity index (χ4n) is 1.39. The molecule has 0 fully saturated rings. The second-order valence-electron chi connectivity index (χ2n) is 4.34. The molecule has 0 aliphatic heterocycles. The number of hydrogen-bond donors (Lipinski definition) is 1. The molecule has 0 saturated heterocycles. The van der Waals surface area contributed by atoms with E-state index in [0.717, 1.165) is 6.42 Å². The van der Waals surface area contributed by atoms with E-state index in [1.807, 2.05) is 0 Å². The number of halogens is 2. The van der Waals surface area contributed by atoms with Crippen molar-refractivity contribution < 1.29 is 18.3 Å². The van der Waals surface area contributed by atoms with Gasteiger partial charge in [0, 0.05) is 12.1 Å². The second-order valence-corrected chi connectivity index (χ2v) is 4.34. The Kier molecular flexibility index (Phi) is 5.55. The van der Waals surface area contributed by atoms with E-state index in [2.05, 4.69) is 23.9 Å². The Morgan fingerprint density at radius 2 is 2.11 bits per heavy atom. The van der Waals surface area contributed by atoms with Crippen LogP contribution in [-0.2, 0) is 0 Å². The molecule has 1 N–H and O–H groups in total. The van der Waals surface area contributed by atoms with Crippen LogP contribution in [0.25, 0.3) is 0 Å². The first-order chi connectivity index (χ1) is 8.49. The lowest BCUT2D eigenvalue weighted by atomic mass is 10.1. The Balaban J connectivity index is 2.57. The van der Waals surface area contributed by atoms with Crippen LogP contribution in [0.15, 0.2) is 24.3 Å². The number of rotatable bonds is 6. The van der Waals surface area contributed by atoms with E-state index in [1.165, 1.54) is 18.2 Å². The first kappa shape index (κ1) is 14.4. The van der Waals surface area contributed by atoms with Gasteiger partial charge in [0.25, 0.3) is 5.91 Å². The molecule has 0 aromatic heterocycles. The van der Waals surface area contributed by atoms with Crippen molar-refractivity contribution in [2.45, 2.75) is 26.9 Å². The third-order valence-electron chi connectivity index (χ3n) is 2.33. The van der Waals surface area contributed by atoms with Gasteiger partial charge < -0.3 is 10.1 Å². The molecule has 0 heterocycles. The molecule has 0 aliphatic carbocycles. The minimum Gasteiger partial charge on any atom is -0.435 e. The van der Waals surface area contributed by atoms with Crippen LogP contribution in [0.5, 0.6) is 5.75 Å². The number of alkyl halides is 2. The normalized spacial score (nSPS) is 10.8. The summed E-state index contributed by atoms with van der Waals surface area (Å²) in [5.74, 6) is 0.204. The lowest BCUT2D eigenvalue weighted by molar-refractivity contribution is -0.0498. The van der Waals surface area contributed by atoms with Crippen LogP contribution in [0.1, 0.15) is 30.6 Å². The lowest BCUT2D eigenvalue weighted by Crippen LogP contribution is -2.25. The van der Waals surface area contributed by atoms with Gasteiger partial charge in [-0.2, -0.15) is 8.78 Å². The molecule has 0 radical (unpaired) electrons. The summed E-state index contributed by atoms with van der Waals surface area (Å²) in [5.41, 5.74) is 0.317. The molecule has 0 bridgehead atoms. The van der Waals surface area contributed by atoms with Crippen molar-refractivity contribution in [3.63, 3.8) is 0 Å². The number of carbonyl (C=O) groups excluding carboxylic acids is 1. The van der Waals surface area contributed by atoms with Crippen LogP contribution in [0.3, 0.4) is 0 Å². The second kappa shape index (κ2) is 6.93. The van der Waals surface area contributed by atoms with Crippen LogP contribution in [0, 0.1) is 5.92 Å². The molecule has 0 unspecified atom stereocenters. The molecule has 100 valence electrons. The van der Waals surface area contributed by atoms with Gasteiger partial charge in [-0.15, -0.1) is 0 Å². The zero-order valence-corrected chi connectivity index (χ0v) is 10.5. The lowest BCUT2D eigenvalue weighted by Gasteiger charge is -2.09. The highest BCUT2D eigenvalue weighted by molar-refractivity contribution is 5.94. The molecule has 1 rings (SSSR count). The predicted octanol–water partition coefficient (Wildman–Crippen LogP) is 3.06. The maximum Gasteiger partial charge on any atom is 0.387 e. The average Bonchev–Trinajstić information content (AvgIpc) is 2.27. The van der Waals surface area contributed by atoms with Crippen molar-refractivity contribution in [3.05, 3.63) is 29.8 Å². The van der Waals surface area contributed by atoms with Gasteiger partial charge in [-0.05, 0) is 30.5 Å². The SMILES string of the molecule is CC(C)CCNC(=O)c1cccc(OC(F)F)c1. The van der Waals surface area contributed by atoms with Crippen LogP contribution < -0.4 is 10.1 Å². The Labute approximate surface area is 105 Å². The number of amides is 1. The van der Waals surface area contributed by atoms with Crippen molar-refractivity contribution >= 4 is 5.91 Å². The van der Waals surface area contributed by atoms with Crippen LogP contribution in [0.2, 0.25) is 0 Å². The molecule has 0 aliphatic rings. The van der Waals surface area contributed by atoms with Crippen molar-refractivity contribution in [2.24, 2.45) is 5.92 Å². The van der Waals surface area contributed by atoms with Crippen LogP contribution in [-0.4, -0.2) is 19.1 Å². The van der Waals surface area contributed by atoms with E-state index in [-0.39, 0.29) is 11.7 Å². The van der Waals surface area contributed by atoms with E-state index in [4.69, 9.17) is 0 Å². The van der Waals surface area contributed by atoms with Crippen molar-refractivity contribution in [3.8, 4) is 5.75 Å². The summed E-state index contributed by atoms with van der Waals surface area (Å²) < 4.78 is 28.3. The highest BCUT2D eigenvalue weighted by Gasteiger charge is 2.09. The standard InChI is InChI=1S/C13H17F2NO2/c1-9(2)6-7-16-12(17)10-4-3-5-11(8-10)18-13(14)15/h3-5,8-9,13H,6-7H2,1-2H3,(H,16,17). The monoisotopic (exact) mass is 257 g/mol. The average molecular weight is 257 g/mol. The summed E-state index contributed by atoms with van der Waals surface area (Å²) in [4.78, 5) is 11.7. The summed E-state index contributed by atoms with van der Waals surface area (Å²) in [6, 6.07) is 5.76. The number of ether oxygens (including phenoxy) is 1. The molecule has 0 atom stereocenters. The van der Waals surface area contributed by atoms with Gasteiger partial charge >= 0.3 is 6.61 Å². The molecule has 18 heavy (non-hydrogen) atoms. The largest absolute Gasteiger partial charge is 0.435 e. The molecule has 3 nitrogen and oxygen atoms in total. The Morgan fingerprint density at radius 1 is 1.39 bits per heavy atom. The van der Waals surface area contributed by atoms with Crippen LogP contribution in [0.4, 0.5) is 8.78 Å². The molecule has 0 saturated carbocycles. The number of benzene rings is 1. The number of hydrogen-bond acceptors (Lipinski definition) is 2. The Bertz CT molecular complexity index is 394. The van der Waals surface area contributed by atoms with E-state index in [0.29, 0.717) is 18.0 Å². The van der Waals surface area contributed by atoms with E-state index >= 15 is 0 Å². The number of nitrogens with one attached hydrogen (secondary N) is 1. The quantitative estimate of drug-likeness (QED) is 0.850. The smallest absolute Gasteiger partial charge is 0.387 e. The summed E-state index contributed by atoms with van der Waals surface area (Å²) in [6.07, 6.45) is 0.874. The van der Waals surface area contributed by atoms with Gasteiger partial charge in [-0.3, -0.25) is 4.79 Å². The third-order valence-corrected chi connectivity index (χ3v) is 2.33. The molecule has 5 heteroatoms. The number of carbonyl (C=O) groups is 1. The van der Waals surface area contributed by atoms with E-state index < -0.39 is 6.61 Å². The highest BCUT2D eigenvalue weighted by Crippen LogP contribution is 2.15. The fourth-order valence-corrected chi connectivity index (χ4v) is 1.39. The minimum atomic E-state index is -2.88. The maximum absolute atomic E-state index is 12.0. The molecular weight excluding hydrogens is 240 g/mol. The predicted molar refractivity (Wildman–Crippen MR) is 64.9 cm³/mol. The summed E-state index contributed by atoms with van der Waals surface area (Å²) in [6.45, 7) is 1.80. The zero-order chi connectivity index (χ0) is 13.5. The molecular formula is C13H17F2NO2. The third kappa shape index (κ3) is 5.12. The van der Waals surface area contributed by atoms with Gasteiger partial charge in [0.05, 0.1) is 0 Å². The fraction of sp³-hybridized carbons (Fsp3) is 0.462. The topological polar surface area (TPSA) is 38.3 Å². The van der Waals surface area contributed by atoms with Gasteiger partial charge in [-0.1, -0.05) is 19.9 Å².